The lowest BCUT2D eigenvalue weighted by Crippen LogP contribution is -2.38. The number of para-hydroxylation sites is 1. The number of amides is 2. The lowest BCUT2D eigenvalue weighted by Gasteiger charge is -2.22. The van der Waals surface area contributed by atoms with Crippen molar-refractivity contribution >= 4 is 33.2 Å². The summed E-state index contributed by atoms with van der Waals surface area (Å²) in [6.45, 7) is 3.23. The minimum atomic E-state index is -3.84. The van der Waals surface area contributed by atoms with E-state index in [0.717, 1.165) is 23.0 Å². The Bertz CT molecular complexity index is 995. The molecule has 2 amide bonds. The van der Waals surface area contributed by atoms with Gasteiger partial charge in [0.2, 0.25) is 15.9 Å². The van der Waals surface area contributed by atoms with Crippen LogP contribution in [0.4, 0.5) is 15.8 Å². The first-order valence-electron chi connectivity index (χ1n) is 9.04. The third-order valence-electron chi connectivity index (χ3n) is 4.22. The number of nitrogens with zero attached hydrogens (tertiary/aromatic N) is 1. The van der Waals surface area contributed by atoms with E-state index in [1.807, 2.05) is 13.8 Å². The number of rotatable bonds is 8. The molecule has 156 valence electrons. The van der Waals surface area contributed by atoms with Gasteiger partial charge in [0.15, 0.2) is 0 Å². The molecule has 7 nitrogen and oxygen atoms in total. The Morgan fingerprint density at radius 2 is 1.83 bits per heavy atom. The maximum atomic E-state index is 13.5. The molecule has 2 aromatic carbocycles. The highest BCUT2D eigenvalue weighted by atomic mass is 32.2. The summed E-state index contributed by atoms with van der Waals surface area (Å²) in [6.07, 6.45) is 1.68. The summed E-state index contributed by atoms with van der Waals surface area (Å²) in [5.74, 6) is -1.63. The third-order valence-corrected chi connectivity index (χ3v) is 5.36. The highest BCUT2D eigenvalue weighted by Gasteiger charge is 2.22. The second-order valence-corrected chi connectivity index (χ2v) is 8.53. The van der Waals surface area contributed by atoms with E-state index >= 15 is 0 Å². The molecule has 0 aliphatic heterocycles. The predicted octanol–water partition coefficient (Wildman–Crippen LogP) is 2.76. The largest absolute Gasteiger partial charge is 0.350 e. The monoisotopic (exact) mass is 421 g/mol. The first-order chi connectivity index (χ1) is 13.6. The summed E-state index contributed by atoms with van der Waals surface area (Å²) in [5.41, 5.74) is 0.550. The molecule has 2 N–H and O–H groups in total. The Balaban J connectivity index is 2.22. The molecular formula is C20H24FN3O4S. The van der Waals surface area contributed by atoms with Gasteiger partial charge in [-0.15, -0.1) is 0 Å². The summed E-state index contributed by atoms with van der Waals surface area (Å²) in [5, 5.41) is 5.39. The van der Waals surface area contributed by atoms with Crippen molar-refractivity contribution in [2.45, 2.75) is 26.3 Å². The van der Waals surface area contributed by atoms with Gasteiger partial charge >= 0.3 is 0 Å². The molecule has 9 heteroatoms. The van der Waals surface area contributed by atoms with Crippen molar-refractivity contribution in [3.8, 4) is 0 Å². The van der Waals surface area contributed by atoms with Gasteiger partial charge in [-0.2, -0.15) is 0 Å². The topological polar surface area (TPSA) is 95.6 Å². The van der Waals surface area contributed by atoms with E-state index < -0.39 is 28.3 Å². The van der Waals surface area contributed by atoms with Crippen LogP contribution in [0.5, 0.6) is 0 Å². The van der Waals surface area contributed by atoms with Crippen molar-refractivity contribution in [2.24, 2.45) is 0 Å². The van der Waals surface area contributed by atoms with Crippen molar-refractivity contribution in [3.63, 3.8) is 0 Å². The smallest absolute Gasteiger partial charge is 0.253 e. The first-order valence-corrected chi connectivity index (χ1v) is 10.9. The Kier molecular flexibility index (Phi) is 7.33. The van der Waals surface area contributed by atoms with Crippen LogP contribution in [-0.4, -0.2) is 39.1 Å². The van der Waals surface area contributed by atoms with Crippen molar-refractivity contribution in [2.75, 3.05) is 22.4 Å². The molecular weight excluding hydrogens is 397 g/mol. The van der Waals surface area contributed by atoms with Crippen LogP contribution in [0, 0.1) is 5.82 Å². The number of anilines is 2. The maximum Gasteiger partial charge on any atom is 0.253 e. The van der Waals surface area contributed by atoms with E-state index in [0.29, 0.717) is 0 Å². The molecule has 0 radical (unpaired) electrons. The number of halogens is 1. The maximum absolute atomic E-state index is 13.5. The van der Waals surface area contributed by atoms with Gasteiger partial charge < -0.3 is 10.6 Å². The number of hydrogen-bond donors (Lipinski definition) is 2. The van der Waals surface area contributed by atoms with Crippen molar-refractivity contribution in [1.82, 2.24) is 5.32 Å². The van der Waals surface area contributed by atoms with Gasteiger partial charge in [0.1, 0.15) is 12.4 Å². The fraction of sp³-hybridized carbons (Fsp3) is 0.300. The van der Waals surface area contributed by atoms with E-state index in [9.17, 15) is 22.4 Å². The standard InChI is InChI=1S/C20H24FN3O4S/c1-4-14(2)22-20(26)17-10-5-6-11-18(17)23-19(25)13-24(29(3,27)28)16-9-7-8-15(21)12-16/h5-12,14H,4,13H2,1-3H3,(H,22,26)(H,23,25). The molecule has 0 fully saturated rings. The Labute approximate surface area is 170 Å². The lowest BCUT2D eigenvalue weighted by molar-refractivity contribution is -0.114. The second-order valence-electron chi connectivity index (χ2n) is 6.63. The van der Waals surface area contributed by atoms with Crippen molar-refractivity contribution in [1.29, 1.82) is 0 Å². The van der Waals surface area contributed by atoms with Gasteiger partial charge in [-0.05, 0) is 43.7 Å². The number of carbonyl (C=O) groups is 2. The quantitative estimate of drug-likeness (QED) is 0.685. The van der Waals surface area contributed by atoms with Gasteiger partial charge in [0, 0.05) is 6.04 Å². The summed E-state index contributed by atoms with van der Waals surface area (Å²) in [7, 11) is -3.84. The molecule has 0 saturated heterocycles. The molecule has 29 heavy (non-hydrogen) atoms. The number of sulfonamides is 1. The number of benzene rings is 2. The van der Waals surface area contributed by atoms with Crippen LogP contribution < -0.4 is 14.9 Å². The molecule has 1 unspecified atom stereocenters. The normalized spacial score (nSPS) is 12.1. The Morgan fingerprint density at radius 3 is 2.45 bits per heavy atom. The highest BCUT2D eigenvalue weighted by molar-refractivity contribution is 7.92. The van der Waals surface area contributed by atoms with E-state index in [4.69, 9.17) is 0 Å². The molecule has 0 spiro atoms. The first kappa shape index (κ1) is 22.4. The highest BCUT2D eigenvalue weighted by Crippen LogP contribution is 2.20. The SMILES string of the molecule is CCC(C)NC(=O)c1ccccc1NC(=O)CN(c1cccc(F)c1)S(C)(=O)=O. The molecule has 0 heterocycles. The zero-order valence-corrected chi connectivity index (χ0v) is 17.3. The molecule has 0 aromatic heterocycles. The molecule has 1 atom stereocenters. The number of carbonyl (C=O) groups excluding carboxylic acids is 2. The Morgan fingerprint density at radius 1 is 1.14 bits per heavy atom. The van der Waals surface area contributed by atoms with Crippen LogP contribution in [0.2, 0.25) is 0 Å². The number of hydrogen-bond acceptors (Lipinski definition) is 4. The summed E-state index contributed by atoms with van der Waals surface area (Å²) < 4.78 is 38.5. The second kappa shape index (κ2) is 9.51. The minimum absolute atomic E-state index is 0.0328. The summed E-state index contributed by atoms with van der Waals surface area (Å²) in [4.78, 5) is 25.0. The zero-order valence-electron chi connectivity index (χ0n) is 16.5. The van der Waals surface area contributed by atoms with E-state index in [1.165, 1.54) is 18.2 Å². The van der Waals surface area contributed by atoms with Crippen LogP contribution in [0.25, 0.3) is 0 Å². The summed E-state index contributed by atoms with van der Waals surface area (Å²) in [6, 6.07) is 11.3. The average molecular weight is 421 g/mol. The van der Waals surface area contributed by atoms with Gasteiger partial charge in [-0.3, -0.25) is 13.9 Å². The van der Waals surface area contributed by atoms with Crippen LogP contribution >= 0.6 is 0 Å². The fourth-order valence-electron chi connectivity index (χ4n) is 2.55. The van der Waals surface area contributed by atoms with Gasteiger partial charge in [-0.25, -0.2) is 12.8 Å². The van der Waals surface area contributed by atoms with Crippen LogP contribution in [0.1, 0.15) is 30.6 Å². The molecule has 0 bridgehead atoms. The average Bonchev–Trinajstić information content (AvgIpc) is 2.65. The van der Waals surface area contributed by atoms with Crippen LogP contribution in [0.3, 0.4) is 0 Å². The van der Waals surface area contributed by atoms with Gasteiger partial charge in [0.25, 0.3) is 5.91 Å². The molecule has 2 aromatic rings. The predicted molar refractivity (Wildman–Crippen MR) is 111 cm³/mol. The van der Waals surface area contributed by atoms with Crippen LogP contribution in [0.15, 0.2) is 48.5 Å². The molecule has 0 aliphatic rings. The van der Waals surface area contributed by atoms with E-state index in [1.54, 1.807) is 24.3 Å². The van der Waals surface area contributed by atoms with E-state index in [2.05, 4.69) is 10.6 Å². The van der Waals surface area contributed by atoms with Crippen molar-refractivity contribution < 1.29 is 22.4 Å². The zero-order chi connectivity index (χ0) is 21.6. The summed E-state index contributed by atoms with van der Waals surface area (Å²) >= 11 is 0. The van der Waals surface area contributed by atoms with Crippen LogP contribution in [-0.2, 0) is 14.8 Å². The third kappa shape index (κ3) is 6.28. The lowest BCUT2D eigenvalue weighted by atomic mass is 10.1. The fourth-order valence-corrected chi connectivity index (χ4v) is 3.39. The van der Waals surface area contributed by atoms with Gasteiger partial charge in [0.05, 0.1) is 23.2 Å². The molecule has 0 saturated carbocycles. The van der Waals surface area contributed by atoms with E-state index in [-0.39, 0.29) is 28.9 Å². The minimum Gasteiger partial charge on any atom is -0.350 e. The molecule has 2 rings (SSSR count). The van der Waals surface area contributed by atoms with Gasteiger partial charge in [-0.1, -0.05) is 25.1 Å². The number of nitrogens with one attached hydrogen (secondary N) is 2. The molecule has 0 aliphatic carbocycles. The van der Waals surface area contributed by atoms with Crippen molar-refractivity contribution in [3.05, 3.63) is 59.9 Å². The Hall–Kier alpha value is -2.94.